The van der Waals surface area contributed by atoms with Gasteiger partial charge in [-0.05, 0) is 12.3 Å². The average Bonchev–Trinajstić information content (AvgIpc) is 3.26. The number of nitrogens with zero attached hydrogens (tertiary/aromatic N) is 3. The topological polar surface area (TPSA) is 76.5 Å². The normalized spacial score (nSPS) is 20.7. The smallest absolute Gasteiger partial charge is 0.340 e. The number of carbonyl (C=O) groups excluding carboxylic acids is 2. The molecule has 1 aliphatic heterocycles. The van der Waals surface area contributed by atoms with Gasteiger partial charge in [-0.1, -0.05) is 6.92 Å². The van der Waals surface area contributed by atoms with Crippen LogP contribution in [0.25, 0.3) is 0 Å². The Labute approximate surface area is 144 Å². The number of likely N-dealkylation sites (tertiary alicyclic amines) is 1. The molecule has 1 N–H and O–H groups in total. The van der Waals surface area contributed by atoms with Crippen molar-refractivity contribution < 1.29 is 14.3 Å². The van der Waals surface area contributed by atoms with Crippen LogP contribution < -0.4 is 5.32 Å². The second-order valence-electron chi connectivity index (χ2n) is 5.91. The molecule has 0 aromatic carbocycles. The SMILES string of the molecule is COC(=O)c1cscc1NC(=O)N1CC[C@H](C)[C@H](n2ccnc2)C1. The van der Waals surface area contributed by atoms with Crippen LogP contribution in [0.5, 0.6) is 0 Å². The second kappa shape index (κ2) is 7.04. The van der Waals surface area contributed by atoms with Crippen LogP contribution in [-0.4, -0.2) is 46.7 Å². The van der Waals surface area contributed by atoms with Crippen molar-refractivity contribution in [2.75, 3.05) is 25.5 Å². The monoisotopic (exact) mass is 348 g/mol. The summed E-state index contributed by atoms with van der Waals surface area (Å²) in [5, 5.41) is 6.24. The molecule has 8 heteroatoms. The molecule has 0 radical (unpaired) electrons. The highest BCUT2D eigenvalue weighted by Gasteiger charge is 2.30. The van der Waals surface area contributed by atoms with Crippen molar-refractivity contribution in [3.8, 4) is 0 Å². The number of piperidine rings is 1. The number of nitrogens with one attached hydrogen (secondary N) is 1. The van der Waals surface area contributed by atoms with Crippen LogP contribution in [0.4, 0.5) is 10.5 Å². The van der Waals surface area contributed by atoms with Crippen LogP contribution in [0.2, 0.25) is 0 Å². The van der Waals surface area contributed by atoms with E-state index in [4.69, 9.17) is 4.74 Å². The molecule has 1 aliphatic rings. The molecule has 0 unspecified atom stereocenters. The lowest BCUT2D eigenvalue weighted by molar-refractivity contribution is 0.0602. The summed E-state index contributed by atoms with van der Waals surface area (Å²) in [4.78, 5) is 30.2. The molecule has 2 aromatic rings. The Morgan fingerprint density at radius 2 is 2.25 bits per heavy atom. The first-order valence-corrected chi connectivity index (χ1v) is 8.72. The molecule has 2 aromatic heterocycles. The maximum atomic E-state index is 12.6. The Morgan fingerprint density at radius 1 is 1.42 bits per heavy atom. The van der Waals surface area contributed by atoms with E-state index in [1.54, 1.807) is 28.2 Å². The summed E-state index contributed by atoms with van der Waals surface area (Å²) >= 11 is 1.35. The van der Waals surface area contributed by atoms with Gasteiger partial charge in [0.1, 0.15) is 0 Å². The van der Waals surface area contributed by atoms with Crippen molar-refractivity contribution in [3.63, 3.8) is 0 Å². The highest BCUT2D eigenvalue weighted by Crippen LogP contribution is 2.28. The summed E-state index contributed by atoms with van der Waals surface area (Å²) in [5.74, 6) is 0.0186. The molecule has 7 nitrogen and oxygen atoms in total. The largest absolute Gasteiger partial charge is 0.465 e. The van der Waals surface area contributed by atoms with Gasteiger partial charge >= 0.3 is 12.0 Å². The third-order valence-corrected chi connectivity index (χ3v) is 5.17. The first kappa shape index (κ1) is 16.5. The van der Waals surface area contributed by atoms with Gasteiger partial charge in [0.25, 0.3) is 0 Å². The molecule has 24 heavy (non-hydrogen) atoms. The summed E-state index contributed by atoms with van der Waals surface area (Å²) in [6, 6.07) is 0.00474. The summed E-state index contributed by atoms with van der Waals surface area (Å²) < 4.78 is 6.79. The molecule has 1 saturated heterocycles. The van der Waals surface area contributed by atoms with E-state index in [2.05, 4.69) is 21.8 Å². The van der Waals surface area contributed by atoms with Crippen LogP contribution in [0.1, 0.15) is 29.7 Å². The maximum absolute atomic E-state index is 12.6. The van der Waals surface area contributed by atoms with Crippen molar-refractivity contribution in [1.82, 2.24) is 14.5 Å². The average molecular weight is 348 g/mol. The first-order valence-electron chi connectivity index (χ1n) is 7.78. The molecule has 3 rings (SSSR count). The third-order valence-electron chi connectivity index (χ3n) is 4.42. The Bertz CT molecular complexity index is 713. The number of aromatic nitrogens is 2. The number of imidazole rings is 1. The molecule has 0 aliphatic carbocycles. The fraction of sp³-hybridized carbons (Fsp3) is 0.438. The molecule has 128 valence electrons. The van der Waals surface area contributed by atoms with Crippen LogP contribution in [0.15, 0.2) is 29.5 Å². The van der Waals surface area contributed by atoms with Crippen molar-refractivity contribution in [2.45, 2.75) is 19.4 Å². The van der Waals surface area contributed by atoms with Crippen LogP contribution in [0, 0.1) is 5.92 Å². The number of methoxy groups -OCH3 is 1. The summed E-state index contributed by atoms with van der Waals surface area (Å²) in [5.41, 5.74) is 0.877. The Kier molecular flexibility index (Phi) is 4.84. The van der Waals surface area contributed by atoms with Gasteiger partial charge in [-0.2, -0.15) is 0 Å². The minimum Gasteiger partial charge on any atom is -0.465 e. The van der Waals surface area contributed by atoms with E-state index in [1.807, 2.05) is 6.20 Å². The minimum atomic E-state index is -0.449. The van der Waals surface area contributed by atoms with Gasteiger partial charge in [0, 0.05) is 36.2 Å². The lowest BCUT2D eigenvalue weighted by atomic mass is 9.93. The minimum absolute atomic E-state index is 0.199. The van der Waals surface area contributed by atoms with E-state index in [0.717, 1.165) is 6.42 Å². The van der Waals surface area contributed by atoms with Crippen LogP contribution >= 0.6 is 11.3 Å². The predicted molar refractivity (Wildman–Crippen MR) is 91.3 cm³/mol. The summed E-state index contributed by atoms with van der Waals surface area (Å²) in [7, 11) is 1.33. The van der Waals surface area contributed by atoms with Crippen LogP contribution in [-0.2, 0) is 4.74 Å². The fourth-order valence-corrected chi connectivity index (χ4v) is 3.69. The Hall–Kier alpha value is -2.35. The van der Waals surface area contributed by atoms with E-state index in [9.17, 15) is 9.59 Å². The van der Waals surface area contributed by atoms with E-state index in [-0.39, 0.29) is 12.1 Å². The number of esters is 1. The number of anilines is 1. The van der Waals surface area contributed by atoms with Crippen molar-refractivity contribution in [1.29, 1.82) is 0 Å². The van der Waals surface area contributed by atoms with Gasteiger partial charge in [0.2, 0.25) is 0 Å². The first-order chi connectivity index (χ1) is 11.6. The molecule has 0 spiro atoms. The zero-order valence-corrected chi connectivity index (χ0v) is 14.5. The van der Waals surface area contributed by atoms with Crippen LogP contribution in [0.3, 0.4) is 0 Å². The fourth-order valence-electron chi connectivity index (χ4n) is 2.94. The zero-order chi connectivity index (χ0) is 17.1. The molecule has 2 amide bonds. The summed E-state index contributed by atoms with van der Waals surface area (Å²) in [6.07, 6.45) is 6.39. The Morgan fingerprint density at radius 3 is 2.96 bits per heavy atom. The molecule has 0 bridgehead atoms. The van der Waals surface area contributed by atoms with E-state index in [0.29, 0.717) is 30.3 Å². The second-order valence-corrected chi connectivity index (χ2v) is 6.65. The number of rotatable bonds is 3. The van der Waals surface area contributed by atoms with Gasteiger partial charge in [-0.3, -0.25) is 0 Å². The predicted octanol–water partition coefficient (Wildman–Crippen LogP) is 2.85. The molecule has 2 atom stereocenters. The zero-order valence-electron chi connectivity index (χ0n) is 13.6. The Balaban J connectivity index is 1.69. The highest BCUT2D eigenvalue weighted by atomic mass is 32.1. The van der Waals surface area contributed by atoms with Gasteiger partial charge < -0.3 is 19.5 Å². The highest BCUT2D eigenvalue weighted by molar-refractivity contribution is 7.08. The summed E-state index contributed by atoms with van der Waals surface area (Å²) in [6.45, 7) is 3.49. The quantitative estimate of drug-likeness (QED) is 0.866. The van der Waals surface area contributed by atoms with Gasteiger partial charge in [-0.25, -0.2) is 14.6 Å². The lowest BCUT2D eigenvalue weighted by Crippen LogP contribution is -2.45. The van der Waals surface area contributed by atoms with Gasteiger partial charge in [-0.15, -0.1) is 11.3 Å². The van der Waals surface area contributed by atoms with Gasteiger partial charge in [0.15, 0.2) is 0 Å². The van der Waals surface area contributed by atoms with Crippen molar-refractivity contribution in [3.05, 3.63) is 35.0 Å². The number of carbonyl (C=O) groups is 2. The molecule has 0 saturated carbocycles. The van der Waals surface area contributed by atoms with E-state index >= 15 is 0 Å². The molecule has 1 fully saturated rings. The third kappa shape index (κ3) is 3.28. The molecular weight excluding hydrogens is 328 g/mol. The maximum Gasteiger partial charge on any atom is 0.340 e. The van der Waals surface area contributed by atoms with Crippen molar-refractivity contribution >= 4 is 29.0 Å². The van der Waals surface area contributed by atoms with Crippen molar-refractivity contribution in [2.24, 2.45) is 5.92 Å². The lowest BCUT2D eigenvalue weighted by Gasteiger charge is -2.37. The number of urea groups is 1. The molecule has 3 heterocycles. The van der Waals surface area contributed by atoms with E-state index in [1.165, 1.54) is 18.4 Å². The van der Waals surface area contributed by atoms with Gasteiger partial charge in [0.05, 0.1) is 30.7 Å². The number of hydrogen-bond acceptors (Lipinski definition) is 5. The number of thiophene rings is 1. The standard InChI is InChI=1S/C16H20N4O3S/c1-11-3-5-19(7-14(11)20-6-4-17-10-20)16(22)18-13-9-24-8-12(13)15(21)23-2/h4,6,8-11,14H,3,5,7H2,1-2H3,(H,18,22)/t11-,14+/m0/s1. The number of ether oxygens (including phenoxy) is 1. The number of hydrogen-bond donors (Lipinski definition) is 1. The molecular formula is C16H20N4O3S. The number of amides is 2. The van der Waals surface area contributed by atoms with E-state index < -0.39 is 5.97 Å².